The first-order chi connectivity index (χ1) is 17.5. The number of anilines is 1. The Kier molecular flexibility index (Phi) is 7.66. The van der Waals surface area contributed by atoms with Crippen LogP contribution in [0.2, 0.25) is 0 Å². The molecule has 0 aliphatic rings. The summed E-state index contributed by atoms with van der Waals surface area (Å²) in [4.78, 5) is 38.1. The Labute approximate surface area is 207 Å². The number of benzene rings is 2. The van der Waals surface area contributed by atoms with E-state index >= 15 is 0 Å². The van der Waals surface area contributed by atoms with Gasteiger partial charge in [-0.2, -0.15) is 10.2 Å². The van der Waals surface area contributed by atoms with E-state index in [2.05, 4.69) is 10.2 Å². The number of nitrogens with zero attached hydrogens (tertiary/aromatic N) is 5. The largest absolute Gasteiger partial charge is 0.465 e. The molecule has 0 bridgehead atoms. The maximum absolute atomic E-state index is 13.1. The van der Waals surface area contributed by atoms with Crippen molar-refractivity contribution in [2.75, 3.05) is 18.1 Å². The van der Waals surface area contributed by atoms with Crippen molar-refractivity contribution < 1.29 is 19.4 Å². The zero-order valence-electron chi connectivity index (χ0n) is 19.7. The van der Waals surface area contributed by atoms with Gasteiger partial charge in [0, 0.05) is 30.1 Å². The van der Waals surface area contributed by atoms with E-state index in [-0.39, 0.29) is 17.8 Å². The Balaban J connectivity index is 1.47. The van der Waals surface area contributed by atoms with Crippen molar-refractivity contribution in [1.82, 2.24) is 19.6 Å². The Hall–Kier alpha value is -4.57. The van der Waals surface area contributed by atoms with Gasteiger partial charge in [0.2, 0.25) is 11.2 Å². The summed E-state index contributed by atoms with van der Waals surface area (Å²) in [5.74, 6) is -0.598. The number of hydrogen-bond acceptors (Lipinski definition) is 6. The first kappa shape index (κ1) is 24.6. The summed E-state index contributed by atoms with van der Waals surface area (Å²) in [5, 5.41) is 17.9. The van der Waals surface area contributed by atoms with Crippen LogP contribution in [0.25, 0.3) is 5.69 Å². The summed E-state index contributed by atoms with van der Waals surface area (Å²) in [5.41, 5.74) is 1.36. The maximum Gasteiger partial charge on any atom is 0.411 e. The standard InChI is InChI=1S/C26H25N5O5/c1-2-30(26(34)35)21-10-6-9-20(15-21)25(33)24-23(32)11-12-31(28-24)22-16-27-29(17-22)13-14-36-18-19-7-4-3-5-8-19/h3-12,15-17H,2,13-14,18H2,1H3,(H,34,35). The lowest BCUT2D eigenvalue weighted by Crippen LogP contribution is -2.29. The zero-order valence-corrected chi connectivity index (χ0v) is 19.7. The number of rotatable bonds is 10. The van der Waals surface area contributed by atoms with Crippen LogP contribution in [0.15, 0.2) is 84.0 Å². The second-order valence-electron chi connectivity index (χ2n) is 7.88. The van der Waals surface area contributed by atoms with Crippen molar-refractivity contribution in [2.45, 2.75) is 20.1 Å². The van der Waals surface area contributed by atoms with Gasteiger partial charge in [0.25, 0.3) is 0 Å². The van der Waals surface area contributed by atoms with E-state index in [0.717, 1.165) is 10.5 Å². The van der Waals surface area contributed by atoms with Crippen molar-refractivity contribution in [3.05, 3.63) is 106 Å². The minimum absolute atomic E-state index is 0.167. The molecular weight excluding hydrogens is 462 g/mol. The van der Waals surface area contributed by atoms with Crippen molar-refractivity contribution in [2.24, 2.45) is 0 Å². The van der Waals surface area contributed by atoms with Crippen molar-refractivity contribution in [1.29, 1.82) is 0 Å². The molecule has 4 rings (SSSR count). The molecule has 0 unspecified atom stereocenters. The number of ketones is 1. The van der Waals surface area contributed by atoms with Gasteiger partial charge in [0.1, 0.15) is 5.69 Å². The van der Waals surface area contributed by atoms with Crippen LogP contribution >= 0.6 is 0 Å². The van der Waals surface area contributed by atoms with E-state index in [0.29, 0.717) is 31.1 Å². The van der Waals surface area contributed by atoms with Gasteiger partial charge in [0.05, 0.1) is 32.2 Å². The molecule has 10 heteroatoms. The molecule has 1 N–H and O–H groups in total. The first-order valence-corrected chi connectivity index (χ1v) is 11.4. The summed E-state index contributed by atoms with van der Waals surface area (Å²) >= 11 is 0. The topological polar surface area (TPSA) is 120 Å². The molecule has 2 heterocycles. The molecule has 0 saturated carbocycles. The van der Waals surface area contributed by atoms with Gasteiger partial charge in [-0.15, -0.1) is 0 Å². The van der Waals surface area contributed by atoms with Gasteiger partial charge >= 0.3 is 6.09 Å². The highest BCUT2D eigenvalue weighted by molar-refractivity contribution is 6.08. The van der Waals surface area contributed by atoms with E-state index in [1.165, 1.54) is 29.1 Å². The quantitative estimate of drug-likeness (QED) is 0.269. The van der Waals surface area contributed by atoms with Gasteiger partial charge in [-0.25, -0.2) is 9.48 Å². The third-order valence-electron chi connectivity index (χ3n) is 5.45. The molecule has 1 amide bonds. The van der Waals surface area contributed by atoms with E-state index in [9.17, 15) is 19.5 Å². The minimum atomic E-state index is -1.13. The number of carbonyl (C=O) groups is 2. The molecule has 36 heavy (non-hydrogen) atoms. The van der Waals surface area contributed by atoms with Crippen LogP contribution < -0.4 is 10.3 Å². The van der Waals surface area contributed by atoms with Crippen LogP contribution in [-0.4, -0.2) is 49.7 Å². The molecule has 0 atom stereocenters. The second kappa shape index (κ2) is 11.2. The van der Waals surface area contributed by atoms with Crippen molar-refractivity contribution in [3.8, 4) is 5.69 Å². The number of carbonyl (C=O) groups excluding carboxylic acids is 1. The molecule has 0 radical (unpaired) electrons. The average molecular weight is 488 g/mol. The molecule has 0 spiro atoms. The molecule has 2 aromatic heterocycles. The fraction of sp³-hybridized carbons (Fsp3) is 0.192. The van der Waals surface area contributed by atoms with Crippen LogP contribution in [-0.2, 0) is 17.9 Å². The fourth-order valence-corrected chi connectivity index (χ4v) is 3.60. The monoisotopic (exact) mass is 487 g/mol. The lowest BCUT2D eigenvalue weighted by molar-refractivity contribution is 0.103. The summed E-state index contributed by atoms with van der Waals surface area (Å²) in [6.07, 6.45) is 3.65. The minimum Gasteiger partial charge on any atom is -0.465 e. The van der Waals surface area contributed by atoms with Crippen LogP contribution in [0.1, 0.15) is 28.5 Å². The highest BCUT2D eigenvalue weighted by Gasteiger charge is 2.19. The molecule has 0 aliphatic carbocycles. The molecule has 0 aliphatic heterocycles. The summed E-state index contributed by atoms with van der Waals surface area (Å²) in [7, 11) is 0. The molecule has 0 fully saturated rings. The molecule has 4 aromatic rings. The lowest BCUT2D eigenvalue weighted by Gasteiger charge is -2.17. The average Bonchev–Trinajstić information content (AvgIpc) is 3.36. The maximum atomic E-state index is 13.1. The molecule has 0 saturated heterocycles. The molecular formula is C26H25N5O5. The zero-order chi connectivity index (χ0) is 25.5. The molecule has 2 aromatic carbocycles. The normalized spacial score (nSPS) is 10.8. The Morgan fingerprint density at radius 2 is 1.89 bits per heavy atom. The predicted octanol–water partition coefficient (Wildman–Crippen LogP) is 3.38. The van der Waals surface area contributed by atoms with E-state index in [4.69, 9.17) is 4.74 Å². The highest BCUT2D eigenvalue weighted by atomic mass is 16.5. The van der Waals surface area contributed by atoms with Crippen LogP contribution in [0.3, 0.4) is 0 Å². The smallest absolute Gasteiger partial charge is 0.411 e. The Morgan fingerprint density at radius 1 is 1.08 bits per heavy atom. The third-order valence-corrected chi connectivity index (χ3v) is 5.45. The lowest BCUT2D eigenvalue weighted by atomic mass is 10.1. The second-order valence-corrected chi connectivity index (χ2v) is 7.88. The molecule has 10 nitrogen and oxygen atoms in total. The Morgan fingerprint density at radius 3 is 2.64 bits per heavy atom. The van der Waals surface area contributed by atoms with Crippen molar-refractivity contribution >= 4 is 17.6 Å². The Bertz CT molecular complexity index is 1410. The number of ether oxygens (including phenoxy) is 1. The SMILES string of the molecule is CCN(C(=O)O)c1cccc(C(=O)c2nn(-c3cnn(CCOCc4ccccc4)c3)ccc2=O)c1. The predicted molar refractivity (Wildman–Crippen MR) is 133 cm³/mol. The van der Waals surface area contributed by atoms with E-state index in [1.54, 1.807) is 36.1 Å². The summed E-state index contributed by atoms with van der Waals surface area (Å²) in [6.45, 7) is 3.38. The number of amides is 1. The fourth-order valence-electron chi connectivity index (χ4n) is 3.60. The van der Waals surface area contributed by atoms with Gasteiger partial charge in [-0.3, -0.25) is 19.2 Å². The molecule has 184 valence electrons. The van der Waals surface area contributed by atoms with Gasteiger partial charge in [-0.1, -0.05) is 42.5 Å². The van der Waals surface area contributed by atoms with Crippen molar-refractivity contribution in [3.63, 3.8) is 0 Å². The first-order valence-electron chi connectivity index (χ1n) is 11.4. The third kappa shape index (κ3) is 5.73. The van der Waals surface area contributed by atoms with Crippen LogP contribution in [0, 0.1) is 0 Å². The van der Waals surface area contributed by atoms with Gasteiger partial charge < -0.3 is 9.84 Å². The van der Waals surface area contributed by atoms with E-state index < -0.39 is 17.3 Å². The number of aromatic nitrogens is 4. The summed E-state index contributed by atoms with van der Waals surface area (Å²) in [6, 6.07) is 17.2. The summed E-state index contributed by atoms with van der Waals surface area (Å²) < 4.78 is 8.79. The van der Waals surface area contributed by atoms with E-state index in [1.807, 2.05) is 30.3 Å². The van der Waals surface area contributed by atoms with Gasteiger partial charge in [-0.05, 0) is 24.6 Å². The number of hydrogen-bond donors (Lipinski definition) is 1. The highest BCUT2D eigenvalue weighted by Crippen LogP contribution is 2.18. The van der Waals surface area contributed by atoms with Crippen LogP contribution in [0.5, 0.6) is 0 Å². The number of carboxylic acid groups (broad SMARTS) is 1. The van der Waals surface area contributed by atoms with Crippen LogP contribution in [0.4, 0.5) is 10.5 Å². The van der Waals surface area contributed by atoms with Gasteiger partial charge in [0.15, 0.2) is 5.69 Å².